The van der Waals surface area contributed by atoms with Crippen LogP contribution in [0.1, 0.15) is 5.56 Å². The number of para-hydroxylation sites is 1. The van der Waals surface area contributed by atoms with Gasteiger partial charge in [-0.25, -0.2) is 0 Å². The lowest BCUT2D eigenvalue weighted by Crippen LogP contribution is -2.12. The van der Waals surface area contributed by atoms with Crippen LogP contribution in [0.15, 0.2) is 53.0 Å². The van der Waals surface area contributed by atoms with Gasteiger partial charge in [0.2, 0.25) is 0 Å². The molecule has 0 amide bonds. The van der Waals surface area contributed by atoms with E-state index in [0.29, 0.717) is 6.61 Å². The molecule has 0 atom stereocenters. The second-order valence-corrected chi connectivity index (χ2v) is 4.96. The maximum Gasteiger partial charge on any atom is 0.119 e. The number of rotatable bonds is 5. The van der Waals surface area contributed by atoms with Crippen molar-refractivity contribution in [2.75, 3.05) is 18.5 Å². The zero-order valence-corrected chi connectivity index (χ0v) is 11.9. The summed E-state index contributed by atoms with van der Waals surface area (Å²) in [5, 5.41) is 3.37. The molecule has 1 N–H and O–H groups in total. The Balaban J connectivity index is 1.80. The lowest BCUT2D eigenvalue weighted by molar-refractivity contribution is 0.333. The fourth-order valence-corrected chi connectivity index (χ4v) is 2.02. The Morgan fingerprint density at radius 1 is 1.11 bits per heavy atom. The van der Waals surface area contributed by atoms with Gasteiger partial charge in [0, 0.05) is 16.7 Å². The topological polar surface area (TPSA) is 21.3 Å². The third-order valence-corrected chi connectivity index (χ3v) is 3.12. The highest BCUT2D eigenvalue weighted by molar-refractivity contribution is 9.10. The molecule has 3 heteroatoms. The summed E-state index contributed by atoms with van der Waals surface area (Å²) in [4.78, 5) is 0. The molecule has 0 unspecified atom stereocenters. The summed E-state index contributed by atoms with van der Waals surface area (Å²) in [6, 6.07) is 16.1. The van der Waals surface area contributed by atoms with Crippen LogP contribution in [0.5, 0.6) is 5.75 Å². The summed E-state index contributed by atoms with van der Waals surface area (Å²) < 4.78 is 6.71. The number of hydrogen-bond acceptors (Lipinski definition) is 2. The molecular formula is C15H16BrNO. The monoisotopic (exact) mass is 305 g/mol. The quantitative estimate of drug-likeness (QED) is 0.834. The van der Waals surface area contributed by atoms with Crippen molar-refractivity contribution in [3.63, 3.8) is 0 Å². The van der Waals surface area contributed by atoms with Crippen LogP contribution in [-0.2, 0) is 0 Å². The van der Waals surface area contributed by atoms with E-state index in [4.69, 9.17) is 4.74 Å². The molecule has 2 nitrogen and oxygen atoms in total. The molecule has 0 aliphatic carbocycles. The number of anilines is 1. The minimum atomic E-state index is 0.649. The summed E-state index contributed by atoms with van der Waals surface area (Å²) in [7, 11) is 0. The maximum absolute atomic E-state index is 5.62. The lowest BCUT2D eigenvalue weighted by Gasteiger charge is -2.11. The zero-order valence-electron chi connectivity index (χ0n) is 10.3. The van der Waals surface area contributed by atoms with Crippen LogP contribution >= 0.6 is 15.9 Å². The van der Waals surface area contributed by atoms with E-state index in [1.165, 1.54) is 5.56 Å². The third kappa shape index (κ3) is 3.77. The van der Waals surface area contributed by atoms with Gasteiger partial charge in [0.15, 0.2) is 0 Å². The van der Waals surface area contributed by atoms with Gasteiger partial charge < -0.3 is 10.1 Å². The molecule has 0 fully saturated rings. The first kappa shape index (κ1) is 13.0. The number of hydrogen-bond donors (Lipinski definition) is 1. The molecule has 0 heterocycles. The molecule has 18 heavy (non-hydrogen) atoms. The molecule has 94 valence electrons. The van der Waals surface area contributed by atoms with Crippen molar-refractivity contribution in [2.45, 2.75) is 6.92 Å². The van der Waals surface area contributed by atoms with Crippen molar-refractivity contribution in [3.05, 3.63) is 58.6 Å². The van der Waals surface area contributed by atoms with Crippen LogP contribution in [0, 0.1) is 6.92 Å². The summed E-state index contributed by atoms with van der Waals surface area (Å²) in [6.45, 7) is 3.52. The Morgan fingerprint density at radius 3 is 2.67 bits per heavy atom. The van der Waals surface area contributed by atoms with Crippen molar-refractivity contribution >= 4 is 21.6 Å². The van der Waals surface area contributed by atoms with E-state index in [1.54, 1.807) is 0 Å². The van der Waals surface area contributed by atoms with Crippen molar-refractivity contribution < 1.29 is 4.74 Å². The molecule has 0 saturated carbocycles. The summed E-state index contributed by atoms with van der Waals surface area (Å²) in [5.74, 6) is 0.908. The Hall–Kier alpha value is -1.48. The molecule has 2 aromatic rings. The predicted molar refractivity (Wildman–Crippen MR) is 79.3 cm³/mol. The minimum Gasteiger partial charge on any atom is -0.492 e. The van der Waals surface area contributed by atoms with E-state index < -0.39 is 0 Å². The van der Waals surface area contributed by atoms with E-state index in [9.17, 15) is 0 Å². The molecule has 0 aliphatic rings. The molecule has 0 bridgehead atoms. The van der Waals surface area contributed by atoms with Crippen LogP contribution in [0.25, 0.3) is 0 Å². The number of nitrogens with one attached hydrogen (secondary N) is 1. The SMILES string of the molecule is Cc1ccc(Br)cc1NCCOc1ccccc1. The second kappa shape index (κ2) is 6.45. The molecule has 0 aliphatic heterocycles. The zero-order chi connectivity index (χ0) is 12.8. The Morgan fingerprint density at radius 2 is 1.89 bits per heavy atom. The van der Waals surface area contributed by atoms with E-state index in [-0.39, 0.29) is 0 Å². The second-order valence-electron chi connectivity index (χ2n) is 4.05. The first-order valence-electron chi connectivity index (χ1n) is 5.93. The fourth-order valence-electron chi connectivity index (χ4n) is 1.66. The molecular weight excluding hydrogens is 290 g/mol. The Bertz CT molecular complexity index is 499. The fraction of sp³-hybridized carbons (Fsp3) is 0.200. The number of halogens is 1. The highest BCUT2D eigenvalue weighted by atomic mass is 79.9. The van der Waals surface area contributed by atoms with Crippen molar-refractivity contribution in [1.82, 2.24) is 0 Å². The smallest absolute Gasteiger partial charge is 0.119 e. The summed E-state index contributed by atoms with van der Waals surface area (Å²) in [5.41, 5.74) is 2.37. The predicted octanol–water partition coefficient (Wildman–Crippen LogP) is 4.25. The average molecular weight is 306 g/mol. The highest BCUT2D eigenvalue weighted by Gasteiger charge is 1.98. The Kier molecular flexibility index (Phi) is 4.65. The molecule has 0 spiro atoms. The number of benzene rings is 2. The van der Waals surface area contributed by atoms with Gasteiger partial charge in [-0.1, -0.05) is 40.2 Å². The van der Waals surface area contributed by atoms with E-state index >= 15 is 0 Å². The van der Waals surface area contributed by atoms with Crippen molar-refractivity contribution in [2.24, 2.45) is 0 Å². The van der Waals surface area contributed by atoms with Gasteiger partial charge in [-0.2, -0.15) is 0 Å². The van der Waals surface area contributed by atoms with Crippen LogP contribution in [0.4, 0.5) is 5.69 Å². The largest absolute Gasteiger partial charge is 0.492 e. The van der Waals surface area contributed by atoms with Gasteiger partial charge in [-0.3, -0.25) is 0 Å². The maximum atomic E-state index is 5.62. The Labute approximate surface area is 116 Å². The number of aryl methyl sites for hydroxylation is 1. The minimum absolute atomic E-state index is 0.649. The van der Waals surface area contributed by atoms with Crippen LogP contribution in [-0.4, -0.2) is 13.2 Å². The van der Waals surface area contributed by atoms with Crippen molar-refractivity contribution in [1.29, 1.82) is 0 Å². The molecule has 2 rings (SSSR count). The molecule has 0 radical (unpaired) electrons. The van der Waals surface area contributed by atoms with Gasteiger partial charge >= 0.3 is 0 Å². The average Bonchev–Trinajstić information content (AvgIpc) is 2.40. The van der Waals surface area contributed by atoms with Gasteiger partial charge in [0.1, 0.15) is 12.4 Å². The standard InChI is InChI=1S/C15H16BrNO/c1-12-7-8-13(16)11-15(12)17-9-10-18-14-5-3-2-4-6-14/h2-8,11,17H,9-10H2,1H3. The van der Waals surface area contributed by atoms with Crippen LogP contribution in [0.2, 0.25) is 0 Å². The van der Waals surface area contributed by atoms with Crippen LogP contribution < -0.4 is 10.1 Å². The molecule has 0 aromatic heterocycles. The highest BCUT2D eigenvalue weighted by Crippen LogP contribution is 2.20. The normalized spacial score (nSPS) is 10.1. The first-order valence-corrected chi connectivity index (χ1v) is 6.73. The van der Waals surface area contributed by atoms with Gasteiger partial charge in [-0.05, 0) is 36.8 Å². The number of ether oxygens (including phenoxy) is 1. The van der Waals surface area contributed by atoms with Gasteiger partial charge in [0.05, 0.1) is 0 Å². The molecule has 0 saturated heterocycles. The molecule has 2 aromatic carbocycles. The summed E-state index contributed by atoms with van der Waals surface area (Å²) >= 11 is 3.47. The van der Waals surface area contributed by atoms with Crippen LogP contribution in [0.3, 0.4) is 0 Å². The van der Waals surface area contributed by atoms with Gasteiger partial charge in [-0.15, -0.1) is 0 Å². The van der Waals surface area contributed by atoms with Gasteiger partial charge in [0.25, 0.3) is 0 Å². The lowest BCUT2D eigenvalue weighted by atomic mass is 10.2. The van der Waals surface area contributed by atoms with Crippen molar-refractivity contribution in [3.8, 4) is 5.75 Å². The van der Waals surface area contributed by atoms with E-state index in [0.717, 1.165) is 22.5 Å². The van der Waals surface area contributed by atoms with E-state index in [1.807, 2.05) is 36.4 Å². The third-order valence-electron chi connectivity index (χ3n) is 2.63. The first-order chi connectivity index (χ1) is 8.75. The van der Waals surface area contributed by atoms with E-state index in [2.05, 4.69) is 40.3 Å². The summed E-state index contributed by atoms with van der Waals surface area (Å²) in [6.07, 6.45) is 0.